The van der Waals surface area contributed by atoms with E-state index in [1.54, 1.807) is 0 Å². The van der Waals surface area contributed by atoms with Gasteiger partial charge in [-0.1, -0.05) is 39.0 Å². The number of thiol groups is 2. The van der Waals surface area contributed by atoms with Crippen LogP contribution in [0.4, 0.5) is 0 Å². The predicted octanol–water partition coefficient (Wildman–Crippen LogP) is 4.66. The second-order valence-corrected chi connectivity index (χ2v) is 10.3. The molecule has 0 unspecified atom stereocenters. The molecule has 0 atom stereocenters. The number of unbranched alkanes of at least 4 members (excludes halogenated alkanes) is 5. The highest BCUT2D eigenvalue weighted by Crippen LogP contribution is 2.15. The van der Waals surface area contributed by atoms with Crippen LogP contribution in [0.2, 0.25) is 0 Å². The number of hydrogen-bond donors (Lipinski definition) is 3. The number of rotatable bonds is 14. The van der Waals surface area contributed by atoms with Gasteiger partial charge in [-0.3, -0.25) is 0 Å². The van der Waals surface area contributed by atoms with Gasteiger partial charge < -0.3 is 10.2 Å². The molecule has 4 heteroatoms. The van der Waals surface area contributed by atoms with Crippen molar-refractivity contribution in [3.8, 4) is 0 Å². The van der Waals surface area contributed by atoms with E-state index in [1.165, 1.54) is 45.1 Å². The van der Waals surface area contributed by atoms with E-state index in [-0.39, 0.29) is 9.49 Å². The largest absolute Gasteiger partial charge is 0.314 e. The van der Waals surface area contributed by atoms with E-state index in [1.807, 2.05) is 0 Å². The highest BCUT2D eigenvalue weighted by molar-refractivity contribution is 7.82. The molecule has 1 N–H and O–H groups in total. The van der Waals surface area contributed by atoms with Crippen molar-refractivity contribution >= 4 is 25.3 Å². The maximum absolute atomic E-state index is 4.70. The average Bonchev–Trinajstić information content (AvgIpc) is 2.35. The molecule has 0 bridgehead atoms. The topological polar surface area (TPSA) is 15.3 Å². The fourth-order valence-corrected chi connectivity index (χ4v) is 2.88. The molecule has 0 aromatic heterocycles. The first-order chi connectivity index (χ1) is 10.1. The third-order valence-electron chi connectivity index (χ3n) is 3.60. The van der Waals surface area contributed by atoms with Crippen molar-refractivity contribution in [3.63, 3.8) is 0 Å². The van der Waals surface area contributed by atoms with Gasteiger partial charge in [-0.25, -0.2) is 0 Å². The summed E-state index contributed by atoms with van der Waals surface area (Å²) in [5.41, 5.74) is 0. The fraction of sp³-hybridized carbons (Fsp3) is 1.00. The zero-order valence-corrected chi connectivity index (χ0v) is 17.4. The zero-order valence-electron chi connectivity index (χ0n) is 15.6. The Bertz CT molecular complexity index is 257. The van der Waals surface area contributed by atoms with Crippen LogP contribution in [-0.4, -0.2) is 47.1 Å². The molecule has 0 saturated carbocycles. The Balaban J connectivity index is 3.95. The Morgan fingerprint density at radius 1 is 0.818 bits per heavy atom. The summed E-state index contributed by atoms with van der Waals surface area (Å²) in [5, 5.41) is 3.52. The first-order valence-corrected chi connectivity index (χ1v) is 9.91. The summed E-state index contributed by atoms with van der Waals surface area (Å²) in [7, 11) is 0. The number of nitrogens with one attached hydrogen (secondary N) is 1. The average molecular weight is 349 g/mol. The van der Waals surface area contributed by atoms with Gasteiger partial charge in [0.15, 0.2) is 0 Å². The van der Waals surface area contributed by atoms with Crippen molar-refractivity contribution < 1.29 is 0 Å². The maximum Gasteiger partial charge on any atom is 0.0200 e. The van der Waals surface area contributed by atoms with Gasteiger partial charge >= 0.3 is 0 Å². The van der Waals surface area contributed by atoms with Gasteiger partial charge in [0.25, 0.3) is 0 Å². The van der Waals surface area contributed by atoms with Gasteiger partial charge in [0.05, 0.1) is 0 Å². The van der Waals surface area contributed by atoms with Crippen LogP contribution in [0.5, 0.6) is 0 Å². The number of hydrogen-bond acceptors (Lipinski definition) is 4. The van der Waals surface area contributed by atoms with Crippen LogP contribution >= 0.6 is 25.3 Å². The highest BCUT2D eigenvalue weighted by Gasteiger charge is 2.17. The summed E-state index contributed by atoms with van der Waals surface area (Å²) in [6, 6.07) is 0. The summed E-state index contributed by atoms with van der Waals surface area (Å²) in [4.78, 5) is 2.56. The lowest BCUT2D eigenvalue weighted by Crippen LogP contribution is -2.41. The summed E-state index contributed by atoms with van der Waals surface area (Å²) in [6.07, 6.45) is 8.17. The molecule has 0 spiro atoms. The Morgan fingerprint density at radius 3 is 1.95 bits per heavy atom. The maximum atomic E-state index is 4.70. The Kier molecular flexibility index (Phi) is 12.4. The zero-order chi connectivity index (χ0) is 17.1. The van der Waals surface area contributed by atoms with E-state index in [0.717, 1.165) is 26.2 Å². The minimum Gasteiger partial charge on any atom is -0.314 e. The van der Waals surface area contributed by atoms with Crippen LogP contribution in [0.25, 0.3) is 0 Å². The SMILES string of the molecule is CCCCCCCCN(CCNCC(C)(C)S)CC(C)(C)S. The second-order valence-electron chi connectivity index (χ2n) is 7.85. The highest BCUT2D eigenvalue weighted by atomic mass is 32.1. The molecular formula is C18H40N2S2. The molecule has 0 aromatic carbocycles. The normalized spacial score (nSPS) is 13.1. The molecule has 2 nitrogen and oxygen atoms in total. The van der Waals surface area contributed by atoms with E-state index >= 15 is 0 Å². The van der Waals surface area contributed by atoms with Gasteiger partial charge in [-0.15, -0.1) is 0 Å². The van der Waals surface area contributed by atoms with E-state index in [2.05, 4.69) is 57.5 Å². The van der Waals surface area contributed by atoms with E-state index in [9.17, 15) is 0 Å². The summed E-state index contributed by atoms with van der Waals surface area (Å²) in [5.74, 6) is 0. The van der Waals surface area contributed by atoms with Crippen molar-refractivity contribution in [1.29, 1.82) is 0 Å². The minimum atomic E-state index is 0.0624. The standard InChI is InChI=1S/C18H40N2S2/c1-6-7-8-9-10-11-13-20(16-18(4,5)22)14-12-19-15-17(2,3)21/h19,21-22H,6-16H2,1-5H3. The molecule has 0 aliphatic carbocycles. The second kappa shape index (κ2) is 12.0. The Morgan fingerprint density at radius 2 is 1.41 bits per heavy atom. The smallest absolute Gasteiger partial charge is 0.0200 e. The molecule has 0 aliphatic heterocycles. The molecule has 0 radical (unpaired) electrons. The molecule has 0 saturated heterocycles. The van der Waals surface area contributed by atoms with Crippen molar-refractivity contribution in [2.75, 3.05) is 32.7 Å². The minimum absolute atomic E-state index is 0.0624. The molecule has 0 heterocycles. The van der Waals surface area contributed by atoms with Crippen molar-refractivity contribution in [1.82, 2.24) is 10.2 Å². The van der Waals surface area contributed by atoms with Crippen molar-refractivity contribution in [3.05, 3.63) is 0 Å². The first kappa shape index (κ1) is 22.6. The molecule has 22 heavy (non-hydrogen) atoms. The van der Waals surface area contributed by atoms with E-state index in [0.29, 0.717) is 0 Å². The molecule has 0 aliphatic rings. The molecule has 0 rings (SSSR count). The van der Waals surface area contributed by atoms with Crippen molar-refractivity contribution in [2.45, 2.75) is 82.6 Å². The lowest BCUT2D eigenvalue weighted by molar-refractivity contribution is 0.249. The summed E-state index contributed by atoms with van der Waals surface area (Å²) in [6.45, 7) is 16.3. The van der Waals surface area contributed by atoms with Gasteiger partial charge in [0.1, 0.15) is 0 Å². The van der Waals surface area contributed by atoms with Gasteiger partial charge in [0, 0.05) is 35.7 Å². The van der Waals surface area contributed by atoms with Crippen LogP contribution in [0.3, 0.4) is 0 Å². The molecule has 0 amide bonds. The monoisotopic (exact) mass is 348 g/mol. The predicted molar refractivity (Wildman–Crippen MR) is 109 cm³/mol. The quantitative estimate of drug-likeness (QED) is 0.313. The third-order valence-corrected chi connectivity index (χ3v) is 3.90. The fourth-order valence-electron chi connectivity index (χ4n) is 2.56. The van der Waals surface area contributed by atoms with Gasteiger partial charge in [-0.05, 0) is 40.7 Å². The van der Waals surface area contributed by atoms with E-state index in [4.69, 9.17) is 12.6 Å². The van der Waals surface area contributed by atoms with Gasteiger partial charge in [0.2, 0.25) is 0 Å². The van der Waals surface area contributed by atoms with Crippen molar-refractivity contribution in [2.24, 2.45) is 0 Å². The van der Waals surface area contributed by atoms with E-state index < -0.39 is 0 Å². The third kappa shape index (κ3) is 17.0. The molecular weight excluding hydrogens is 308 g/mol. The van der Waals surface area contributed by atoms with Crippen LogP contribution in [0.1, 0.15) is 73.1 Å². The van der Waals surface area contributed by atoms with Crippen LogP contribution in [0.15, 0.2) is 0 Å². The van der Waals surface area contributed by atoms with Crippen LogP contribution in [0, 0.1) is 0 Å². The lowest BCUT2D eigenvalue weighted by atomic mass is 10.1. The summed E-state index contributed by atoms with van der Waals surface area (Å²) < 4.78 is 0.137. The Hall–Kier alpha value is 0.620. The number of nitrogens with zero attached hydrogens (tertiary/aromatic N) is 1. The Labute approximate surface area is 151 Å². The lowest BCUT2D eigenvalue weighted by Gasteiger charge is -2.30. The molecule has 0 fully saturated rings. The van der Waals surface area contributed by atoms with Crippen LogP contribution < -0.4 is 5.32 Å². The molecule has 134 valence electrons. The van der Waals surface area contributed by atoms with Gasteiger partial charge in [-0.2, -0.15) is 25.3 Å². The molecule has 0 aromatic rings. The van der Waals surface area contributed by atoms with Crippen LogP contribution in [-0.2, 0) is 0 Å². The summed E-state index contributed by atoms with van der Waals surface area (Å²) >= 11 is 9.26. The first-order valence-electron chi connectivity index (χ1n) is 9.02.